The van der Waals surface area contributed by atoms with Crippen LogP contribution in [0, 0.1) is 0 Å². The third-order valence-corrected chi connectivity index (χ3v) is 4.82. The van der Waals surface area contributed by atoms with Crippen molar-refractivity contribution in [3.63, 3.8) is 0 Å². The molecule has 0 bridgehead atoms. The Labute approximate surface area is 141 Å². The Morgan fingerprint density at radius 1 is 0.783 bits per heavy atom. The molecule has 1 heterocycles. The second-order valence-electron chi connectivity index (χ2n) is 6.25. The van der Waals surface area contributed by atoms with Crippen molar-refractivity contribution in [3.05, 3.63) is 60.7 Å². The maximum Gasteiger partial charge on any atom is 0.331 e. The van der Waals surface area contributed by atoms with Crippen molar-refractivity contribution in [1.82, 2.24) is 4.72 Å². The molecule has 0 saturated carbocycles. The van der Waals surface area contributed by atoms with Crippen molar-refractivity contribution < 1.29 is 0 Å². The predicted octanol–water partition coefficient (Wildman–Crippen LogP) is 3.92. The molecular formula is C18H25B2N3. The standard InChI is InChI=1S/C18H25B2N3/c1-4-15-23-19(2)21(17-11-7-5-8-12-17)16-22(20(23)3)18-13-9-6-10-14-18/h5-14H,4,15-16H2,1-3H3. The summed E-state index contributed by atoms with van der Waals surface area (Å²) in [6, 6.07) is 21.5. The van der Waals surface area contributed by atoms with Gasteiger partial charge >= 0.3 is 14.0 Å². The Kier molecular flexibility index (Phi) is 4.97. The Bertz CT molecular complexity index is 557. The zero-order valence-electron chi connectivity index (χ0n) is 14.4. The van der Waals surface area contributed by atoms with Crippen LogP contribution in [0.5, 0.6) is 0 Å². The zero-order chi connectivity index (χ0) is 16.2. The molecule has 1 fully saturated rings. The summed E-state index contributed by atoms with van der Waals surface area (Å²) in [4.78, 5) is 4.98. The van der Waals surface area contributed by atoms with E-state index in [4.69, 9.17) is 0 Å². The van der Waals surface area contributed by atoms with Crippen molar-refractivity contribution in [1.29, 1.82) is 0 Å². The average Bonchev–Trinajstić information content (AvgIpc) is 2.60. The van der Waals surface area contributed by atoms with Gasteiger partial charge in [-0.15, -0.1) is 0 Å². The van der Waals surface area contributed by atoms with Crippen LogP contribution in [0.15, 0.2) is 60.7 Å². The lowest BCUT2D eigenvalue weighted by molar-refractivity contribution is 0.595. The largest absolute Gasteiger partial charge is 0.386 e. The summed E-state index contributed by atoms with van der Waals surface area (Å²) >= 11 is 0. The van der Waals surface area contributed by atoms with Gasteiger partial charge in [0.2, 0.25) is 0 Å². The van der Waals surface area contributed by atoms with E-state index in [-0.39, 0.29) is 0 Å². The van der Waals surface area contributed by atoms with E-state index in [1.807, 2.05) is 0 Å². The molecule has 0 spiro atoms. The molecule has 23 heavy (non-hydrogen) atoms. The van der Waals surface area contributed by atoms with Crippen LogP contribution in [-0.2, 0) is 0 Å². The molecule has 0 unspecified atom stereocenters. The van der Waals surface area contributed by atoms with E-state index >= 15 is 0 Å². The zero-order valence-corrected chi connectivity index (χ0v) is 14.4. The summed E-state index contributed by atoms with van der Waals surface area (Å²) in [6.07, 6.45) is 1.17. The lowest BCUT2D eigenvalue weighted by atomic mass is 9.57. The van der Waals surface area contributed by atoms with Crippen LogP contribution in [0.1, 0.15) is 13.3 Å². The molecule has 2 aromatic rings. The van der Waals surface area contributed by atoms with Crippen LogP contribution in [-0.4, -0.2) is 31.9 Å². The quantitative estimate of drug-likeness (QED) is 0.793. The topological polar surface area (TPSA) is 9.72 Å². The maximum atomic E-state index is 2.59. The van der Waals surface area contributed by atoms with Crippen LogP contribution >= 0.6 is 0 Å². The summed E-state index contributed by atoms with van der Waals surface area (Å²) in [6.45, 7) is 9.71. The second kappa shape index (κ2) is 7.14. The molecule has 0 aliphatic carbocycles. The highest BCUT2D eigenvalue weighted by atomic mass is 15.4. The van der Waals surface area contributed by atoms with Gasteiger partial charge in [-0.3, -0.25) is 0 Å². The van der Waals surface area contributed by atoms with Crippen molar-refractivity contribution in [2.45, 2.75) is 27.0 Å². The van der Waals surface area contributed by atoms with Crippen LogP contribution in [0.2, 0.25) is 13.6 Å². The molecule has 3 rings (SSSR count). The number of hydrogen-bond acceptors (Lipinski definition) is 3. The minimum absolute atomic E-state index is 0.396. The highest BCUT2D eigenvalue weighted by Crippen LogP contribution is 2.27. The van der Waals surface area contributed by atoms with Crippen molar-refractivity contribution in [2.24, 2.45) is 0 Å². The number of benzene rings is 2. The summed E-state index contributed by atoms with van der Waals surface area (Å²) < 4.78 is 2.59. The lowest BCUT2D eigenvalue weighted by Gasteiger charge is -2.50. The van der Waals surface area contributed by atoms with Gasteiger partial charge in [-0.05, 0) is 37.2 Å². The molecule has 3 nitrogen and oxygen atoms in total. The highest BCUT2D eigenvalue weighted by molar-refractivity contribution is 6.77. The molecule has 0 N–H and O–H groups in total. The first-order valence-corrected chi connectivity index (χ1v) is 8.61. The minimum atomic E-state index is 0.396. The molecule has 0 atom stereocenters. The number of nitrogens with zero attached hydrogens (tertiary/aromatic N) is 3. The van der Waals surface area contributed by atoms with Gasteiger partial charge in [-0.2, -0.15) is 0 Å². The average molecular weight is 305 g/mol. The van der Waals surface area contributed by atoms with Gasteiger partial charge in [0.05, 0.1) is 6.67 Å². The van der Waals surface area contributed by atoms with E-state index in [1.54, 1.807) is 0 Å². The predicted molar refractivity (Wildman–Crippen MR) is 103 cm³/mol. The SMILES string of the molecule is CCCN1B(C)N(c2ccccc2)CN(c2ccccc2)B1C. The van der Waals surface area contributed by atoms with Gasteiger partial charge in [0.25, 0.3) is 0 Å². The van der Waals surface area contributed by atoms with E-state index in [9.17, 15) is 0 Å². The van der Waals surface area contributed by atoms with Crippen molar-refractivity contribution in [2.75, 3.05) is 22.8 Å². The lowest BCUT2D eigenvalue weighted by Crippen LogP contribution is -2.70. The van der Waals surface area contributed by atoms with Gasteiger partial charge in [0.15, 0.2) is 0 Å². The Hall–Kier alpha value is -1.87. The third kappa shape index (κ3) is 3.25. The minimum Gasteiger partial charge on any atom is -0.386 e. The van der Waals surface area contributed by atoms with Crippen LogP contribution in [0.4, 0.5) is 11.4 Å². The fraction of sp³-hybridized carbons (Fsp3) is 0.333. The summed E-state index contributed by atoms with van der Waals surface area (Å²) in [5.74, 6) is 0. The number of rotatable bonds is 4. The van der Waals surface area contributed by atoms with Gasteiger partial charge in [0.1, 0.15) is 0 Å². The Morgan fingerprint density at radius 2 is 1.22 bits per heavy atom. The summed E-state index contributed by atoms with van der Waals surface area (Å²) in [5.41, 5.74) is 2.57. The van der Waals surface area contributed by atoms with E-state index in [0.29, 0.717) is 14.0 Å². The van der Waals surface area contributed by atoms with Gasteiger partial charge < -0.3 is 14.3 Å². The second-order valence-corrected chi connectivity index (χ2v) is 6.25. The van der Waals surface area contributed by atoms with Crippen molar-refractivity contribution in [3.8, 4) is 0 Å². The van der Waals surface area contributed by atoms with Gasteiger partial charge in [0, 0.05) is 11.4 Å². The molecular weight excluding hydrogens is 280 g/mol. The third-order valence-electron chi connectivity index (χ3n) is 4.82. The van der Waals surface area contributed by atoms with E-state index < -0.39 is 0 Å². The fourth-order valence-corrected chi connectivity index (χ4v) is 3.54. The van der Waals surface area contributed by atoms with Gasteiger partial charge in [-0.1, -0.05) is 57.0 Å². The Morgan fingerprint density at radius 3 is 1.61 bits per heavy atom. The summed E-state index contributed by atoms with van der Waals surface area (Å²) in [5, 5.41) is 0. The molecule has 1 aliphatic rings. The summed E-state index contributed by atoms with van der Waals surface area (Å²) in [7, 11) is 0. The fourth-order valence-electron chi connectivity index (χ4n) is 3.54. The smallest absolute Gasteiger partial charge is 0.331 e. The van der Waals surface area contributed by atoms with E-state index in [2.05, 4.69) is 95.6 Å². The molecule has 0 aromatic heterocycles. The molecule has 5 heteroatoms. The first kappa shape index (κ1) is 16.0. The molecule has 0 amide bonds. The molecule has 1 saturated heterocycles. The Balaban J connectivity index is 1.94. The van der Waals surface area contributed by atoms with Crippen LogP contribution in [0.25, 0.3) is 0 Å². The highest BCUT2D eigenvalue weighted by Gasteiger charge is 2.40. The molecule has 1 aliphatic heterocycles. The maximum absolute atomic E-state index is 2.59. The molecule has 118 valence electrons. The normalized spacial score (nSPS) is 16.1. The number of para-hydroxylation sites is 2. The van der Waals surface area contributed by atoms with Gasteiger partial charge in [-0.25, -0.2) is 0 Å². The first-order chi connectivity index (χ1) is 11.2. The number of anilines is 2. The van der Waals surface area contributed by atoms with Crippen LogP contribution < -0.4 is 9.62 Å². The number of hydrogen-bond donors (Lipinski definition) is 0. The monoisotopic (exact) mass is 305 g/mol. The molecule has 2 aromatic carbocycles. The van der Waals surface area contributed by atoms with E-state index in [1.165, 1.54) is 17.8 Å². The molecule has 0 radical (unpaired) electrons. The van der Waals surface area contributed by atoms with Crippen molar-refractivity contribution >= 4 is 25.3 Å². The van der Waals surface area contributed by atoms with Crippen LogP contribution in [0.3, 0.4) is 0 Å². The first-order valence-electron chi connectivity index (χ1n) is 8.61. The van der Waals surface area contributed by atoms with E-state index in [0.717, 1.165) is 13.2 Å².